The van der Waals surface area contributed by atoms with Gasteiger partial charge in [0.25, 0.3) is 5.91 Å². The molecule has 1 atom stereocenters. The third-order valence-corrected chi connectivity index (χ3v) is 8.77. The van der Waals surface area contributed by atoms with Gasteiger partial charge in [-0.3, -0.25) is 9.69 Å². The molecule has 158 valence electrons. The molecule has 1 aromatic carbocycles. The van der Waals surface area contributed by atoms with Crippen molar-refractivity contribution in [3.63, 3.8) is 0 Å². The molecule has 2 fully saturated rings. The van der Waals surface area contributed by atoms with Gasteiger partial charge in [0, 0.05) is 11.6 Å². The van der Waals surface area contributed by atoms with Gasteiger partial charge in [-0.05, 0) is 42.8 Å². The van der Waals surface area contributed by atoms with Crippen molar-refractivity contribution in [2.75, 3.05) is 11.5 Å². The van der Waals surface area contributed by atoms with Crippen LogP contribution in [0.3, 0.4) is 0 Å². The molecule has 0 spiro atoms. The first-order valence-electron chi connectivity index (χ1n) is 8.74. The van der Waals surface area contributed by atoms with Crippen molar-refractivity contribution in [2.45, 2.75) is 17.4 Å². The average molecular weight is 485 g/mol. The van der Waals surface area contributed by atoms with Crippen molar-refractivity contribution >= 4 is 60.1 Å². The predicted octanol–water partition coefficient (Wildman–Crippen LogP) is 1.98. The summed E-state index contributed by atoms with van der Waals surface area (Å²) in [6, 6.07) is 8.85. The van der Waals surface area contributed by atoms with Crippen molar-refractivity contribution in [1.82, 2.24) is 4.90 Å². The van der Waals surface area contributed by atoms with Crippen LogP contribution in [0.4, 0.5) is 0 Å². The second-order valence-electron chi connectivity index (χ2n) is 6.88. The number of sulfone groups is 1. The minimum Gasteiger partial charge on any atom is -0.457 e. The maximum Gasteiger partial charge on any atom is 0.266 e. The lowest BCUT2D eigenvalue weighted by atomic mass is 10.2. The Morgan fingerprint density at radius 1 is 1.20 bits per heavy atom. The molecule has 2 N–H and O–H groups in total. The largest absolute Gasteiger partial charge is 0.457 e. The number of primary sulfonamides is 1. The Morgan fingerprint density at radius 3 is 2.50 bits per heavy atom. The number of carbonyl (C=O) groups excluding carboxylic acids is 1. The number of nitrogens with two attached hydrogens (primary N) is 1. The normalized spacial score (nSPS) is 22.9. The lowest BCUT2D eigenvalue weighted by molar-refractivity contribution is -0.123. The number of thioether (sulfide) groups is 1. The molecule has 0 aliphatic carbocycles. The van der Waals surface area contributed by atoms with Crippen LogP contribution in [0.15, 0.2) is 50.6 Å². The summed E-state index contributed by atoms with van der Waals surface area (Å²) in [6.45, 7) is 0. The van der Waals surface area contributed by atoms with Gasteiger partial charge in [0.1, 0.15) is 15.8 Å². The third kappa shape index (κ3) is 4.23. The minimum absolute atomic E-state index is 0.00405. The summed E-state index contributed by atoms with van der Waals surface area (Å²) in [6.07, 6.45) is 1.94. The number of benzene rings is 1. The highest BCUT2D eigenvalue weighted by Gasteiger charge is 2.42. The molecule has 0 saturated carbocycles. The summed E-state index contributed by atoms with van der Waals surface area (Å²) in [5, 5.41) is 5.10. The lowest BCUT2D eigenvalue weighted by Crippen LogP contribution is -2.39. The summed E-state index contributed by atoms with van der Waals surface area (Å²) >= 11 is 6.40. The van der Waals surface area contributed by atoms with Crippen molar-refractivity contribution < 1.29 is 26.0 Å². The summed E-state index contributed by atoms with van der Waals surface area (Å²) < 4.78 is 52.3. The summed E-state index contributed by atoms with van der Waals surface area (Å²) in [4.78, 5) is 14.5. The number of thiocarbonyl (C=S) groups is 1. The molecule has 2 saturated heterocycles. The molecular formula is C18H16N2O6S4. The van der Waals surface area contributed by atoms with Crippen molar-refractivity contribution in [3.05, 3.63) is 47.1 Å². The van der Waals surface area contributed by atoms with E-state index in [9.17, 15) is 21.6 Å². The fraction of sp³-hybridized carbons (Fsp3) is 0.222. The highest BCUT2D eigenvalue weighted by atomic mass is 32.2. The zero-order chi connectivity index (χ0) is 21.7. The van der Waals surface area contributed by atoms with Crippen LogP contribution in [0.2, 0.25) is 0 Å². The van der Waals surface area contributed by atoms with Crippen LogP contribution in [-0.2, 0) is 24.7 Å². The van der Waals surface area contributed by atoms with Gasteiger partial charge in [-0.15, -0.1) is 0 Å². The first-order valence-corrected chi connectivity index (χ1v) is 13.3. The number of amides is 1. The number of hydrogen-bond acceptors (Lipinski definition) is 8. The highest BCUT2D eigenvalue weighted by molar-refractivity contribution is 8.26. The van der Waals surface area contributed by atoms with E-state index < -0.39 is 25.9 Å². The molecule has 4 rings (SSSR count). The van der Waals surface area contributed by atoms with E-state index in [1.54, 1.807) is 30.3 Å². The fourth-order valence-corrected chi connectivity index (χ4v) is 6.89. The van der Waals surface area contributed by atoms with E-state index in [-0.39, 0.29) is 22.3 Å². The zero-order valence-electron chi connectivity index (χ0n) is 15.3. The van der Waals surface area contributed by atoms with E-state index in [2.05, 4.69) is 0 Å². The molecule has 1 amide bonds. The SMILES string of the molecule is NS(=O)(=O)c1ccc(-c2ccc(/C=C3/SC(=S)N(C4CCS(=O)(=O)C4)C3=O)o2)cc1. The average Bonchev–Trinajstić information content (AvgIpc) is 3.33. The number of nitrogens with zero attached hydrogens (tertiary/aromatic N) is 1. The van der Waals surface area contributed by atoms with Gasteiger partial charge in [-0.25, -0.2) is 22.0 Å². The molecule has 30 heavy (non-hydrogen) atoms. The van der Waals surface area contributed by atoms with Crippen LogP contribution in [0.25, 0.3) is 17.4 Å². The monoisotopic (exact) mass is 484 g/mol. The van der Waals surface area contributed by atoms with Crippen molar-refractivity contribution in [1.29, 1.82) is 0 Å². The van der Waals surface area contributed by atoms with Gasteiger partial charge < -0.3 is 4.42 Å². The maximum atomic E-state index is 12.8. The molecule has 8 nitrogen and oxygen atoms in total. The molecule has 2 aliphatic heterocycles. The van der Waals surface area contributed by atoms with Gasteiger partial charge in [0.2, 0.25) is 10.0 Å². The smallest absolute Gasteiger partial charge is 0.266 e. The van der Waals surface area contributed by atoms with E-state index in [4.69, 9.17) is 21.8 Å². The second kappa shape index (κ2) is 7.61. The Kier molecular flexibility index (Phi) is 5.39. The molecule has 3 heterocycles. The van der Waals surface area contributed by atoms with Gasteiger partial charge in [0.05, 0.1) is 27.3 Å². The number of furan rings is 1. The van der Waals surface area contributed by atoms with Gasteiger partial charge in [-0.1, -0.05) is 24.0 Å². The quantitative estimate of drug-likeness (QED) is 0.515. The first kappa shape index (κ1) is 21.2. The number of carbonyl (C=O) groups is 1. The van der Waals surface area contributed by atoms with Crippen molar-refractivity contribution in [2.24, 2.45) is 5.14 Å². The van der Waals surface area contributed by atoms with Crippen LogP contribution in [0, 0.1) is 0 Å². The Labute approximate surface area is 183 Å². The Balaban J connectivity index is 1.54. The van der Waals surface area contributed by atoms with Crippen LogP contribution in [0.1, 0.15) is 12.2 Å². The predicted molar refractivity (Wildman–Crippen MR) is 118 cm³/mol. The van der Waals surface area contributed by atoms with Gasteiger partial charge >= 0.3 is 0 Å². The van der Waals surface area contributed by atoms with E-state index in [0.29, 0.717) is 32.7 Å². The van der Waals surface area contributed by atoms with Crippen LogP contribution in [0.5, 0.6) is 0 Å². The number of hydrogen-bond donors (Lipinski definition) is 1. The fourth-order valence-electron chi connectivity index (χ4n) is 3.30. The molecule has 1 unspecified atom stereocenters. The molecule has 2 aromatic rings. The molecule has 2 aliphatic rings. The summed E-state index contributed by atoms with van der Waals surface area (Å²) in [7, 11) is -6.92. The van der Waals surface area contributed by atoms with E-state index in [1.807, 2.05) is 0 Å². The maximum absolute atomic E-state index is 12.8. The molecule has 12 heteroatoms. The lowest BCUT2D eigenvalue weighted by Gasteiger charge is -2.20. The van der Waals surface area contributed by atoms with Crippen LogP contribution >= 0.6 is 24.0 Å². The minimum atomic E-state index is -3.78. The Morgan fingerprint density at radius 2 is 1.90 bits per heavy atom. The Hall–Kier alpha value is -1.99. The summed E-state index contributed by atoms with van der Waals surface area (Å²) in [5.41, 5.74) is 0.644. The molecular weight excluding hydrogens is 468 g/mol. The topological polar surface area (TPSA) is 128 Å². The Bertz CT molecular complexity index is 1280. The van der Waals surface area contributed by atoms with E-state index in [0.717, 1.165) is 11.8 Å². The molecule has 1 aromatic heterocycles. The van der Waals surface area contributed by atoms with Crippen LogP contribution in [-0.4, -0.2) is 49.5 Å². The number of sulfonamides is 1. The van der Waals surface area contributed by atoms with E-state index in [1.165, 1.54) is 17.0 Å². The summed E-state index contributed by atoms with van der Waals surface area (Å²) in [5.74, 6) is 0.549. The number of rotatable bonds is 4. The second-order valence-corrected chi connectivity index (χ2v) is 12.3. The van der Waals surface area contributed by atoms with Crippen LogP contribution < -0.4 is 5.14 Å². The first-order chi connectivity index (χ1) is 14.0. The third-order valence-electron chi connectivity index (χ3n) is 4.76. The standard InChI is InChI=1S/C18H16N2O6S4/c19-30(24,25)14-4-1-11(2-5-14)15-6-3-13(26-15)9-16-17(21)20(18(27)28-16)12-7-8-29(22,23)10-12/h1-6,9,12H,7-8,10H2,(H2,19,24,25)/b16-9+. The molecule has 0 bridgehead atoms. The highest BCUT2D eigenvalue weighted by Crippen LogP contribution is 2.37. The van der Waals surface area contributed by atoms with Gasteiger partial charge in [-0.2, -0.15) is 0 Å². The zero-order valence-corrected chi connectivity index (χ0v) is 18.6. The molecule has 0 radical (unpaired) electrons. The van der Waals surface area contributed by atoms with Crippen molar-refractivity contribution in [3.8, 4) is 11.3 Å². The van der Waals surface area contributed by atoms with Gasteiger partial charge in [0.15, 0.2) is 9.84 Å². The van der Waals surface area contributed by atoms with E-state index >= 15 is 0 Å².